The van der Waals surface area contributed by atoms with Crippen LogP contribution in [0.15, 0.2) is 42.5 Å². The molecule has 0 saturated carbocycles. The van der Waals surface area contributed by atoms with Gasteiger partial charge in [-0.2, -0.15) is 0 Å². The van der Waals surface area contributed by atoms with E-state index in [9.17, 15) is 0 Å². The second-order valence-electron chi connectivity index (χ2n) is 6.40. The van der Waals surface area contributed by atoms with Crippen LogP contribution in [0.25, 0.3) is 0 Å². The van der Waals surface area contributed by atoms with Gasteiger partial charge in [-0.25, -0.2) is 0 Å². The summed E-state index contributed by atoms with van der Waals surface area (Å²) in [7, 11) is 0. The van der Waals surface area contributed by atoms with Crippen molar-refractivity contribution in [3.05, 3.63) is 69.2 Å². The molecule has 0 spiro atoms. The molecule has 0 aromatic heterocycles. The normalized spacial score (nSPS) is 16.7. The quantitative estimate of drug-likeness (QED) is 0.661. The van der Waals surface area contributed by atoms with Gasteiger partial charge in [0.05, 0.1) is 10.0 Å². The highest BCUT2D eigenvalue weighted by atomic mass is 35.5. The van der Waals surface area contributed by atoms with Gasteiger partial charge in [-0.15, -0.1) is 0 Å². The summed E-state index contributed by atoms with van der Waals surface area (Å²) in [6.07, 6.45) is 3.58. The van der Waals surface area contributed by atoms with Crippen LogP contribution in [0, 0.1) is 0 Å². The Bertz CT molecular complexity index is 660. The molecular formula is C20H23Cl2N. The van der Waals surface area contributed by atoms with Crippen LogP contribution >= 0.6 is 23.2 Å². The first-order valence-electron chi connectivity index (χ1n) is 8.41. The number of halogens is 2. The van der Waals surface area contributed by atoms with Crippen LogP contribution in [0.4, 0.5) is 0 Å². The van der Waals surface area contributed by atoms with Gasteiger partial charge in [0.15, 0.2) is 0 Å². The Hall–Kier alpha value is -1.02. The van der Waals surface area contributed by atoms with Crippen LogP contribution in [0.3, 0.4) is 0 Å². The van der Waals surface area contributed by atoms with E-state index in [4.69, 9.17) is 23.2 Å². The highest BCUT2D eigenvalue weighted by Gasteiger charge is 2.20. The molecule has 0 atom stereocenters. The lowest BCUT2D eigenvalue weighted by Crippen LogP contribution is -2.32. The Balaban J connectivity index is 1.58. The highest BCUT2D eigenvalue weighted by Crippen LogP contribution is 2.30. The molecule has 1 fully saturated rings. The van der Waals surface area contributed by atoms with Gasteiger partial charge in [0.25, 0.3) is 0 Å². The molecule has 0 N–H and O–H groups in total. The van der Waals surface area contributed by atoms with Gasteiger partial charge in [-0.05, 0) is 67.1 Å². The van der Waals surface area contributed by atoms with Crippen molar-refractivity contribution < 1.29 is 0 Å². The fourth-order valence-corrected chi connectivity index (χ4v) is 3.71. The Morgan fingerprint density at radius 2 is 1.74 bits per heavy atom. The highest BCUT2D eigenvalue weighted by molar-refractivity contribution is 6.42. The van der Waals surface area contributed by atoms with Crippen molar-refractivity contribution in [3.63, 3.8) is 0 Å². The molecule has 3 rings (SSSR count). The number of hydrogen-bond acceptors (Lipinski definition) is 1. The zero-order valence-electron chi connectivity index (χ0n) is 13.6. The maximum atomic E-state index is 6.11. The zero-order valence-corrected chi connectivity index (χ0v) is 15.1. The van der Waals surface area contributed by atoms with Gasteiger partial charge in [-0.1, -0.05) is 60.5 Å². The van der Waals surface area contributed by atoms with E-state index in [-0.39, 0.29) is 0 Å². The van der Waals surface area contributed by atoms with E-state index < -0.39 is 0 Å². The number of likely N-dealkylation sites (tertiary alicyclic amines) is 1. The van der Waals surface area contributed by atoms with Crippen molar-refractivity contribution in [2.45, 2.75) is 38.6 Å². The molecule has 3 heteroatoms. The summed E-state index contributed by atoms with van der Waals surface area (Å²) in [6, 6.07) is 15.1. The third-order valence-corrected chi connectivity index (χ3v) is 5.55. The van der Waals surface area contributed by atoms with E-state index in [0.29, 0.717) is 16.0 Å². The van der Waals surface area contributed by atoms with Crippen LogP contribution in [-0.4, -0.2) is 18.0 Å². The summed E-state index contributed by atoms with van der Waals surface area (Å²) in [5.41, 5.74) is 4.20. The first-order chi connectivity index (χ1) is 11.2. The van der Waals surface area contributed by atoms with Crippen molar-refractivity contribution in [1.82, 2.24) is 4.90 Å². The molecule has 23 heavy (non-hydrogen) atoms. The molecule has 2 aromatic carbocycles. The number of rotatable bonds is 4. The lowest BCUT2D eigenvalue weighted by molar-refractivity contribution is 0.204. The zero-order chi connectivity index (χ0) is 16.2. The van der Waals surface area contributed by atoms with Crippen molar-refractivity contribution >= 4 is 23.2 Å². The number of hydrogen-bond donors (Lipinski definition) is 0. The Labute approximate surface area is 149 Å². The molecule has 1 aliphatic heterocycles. The number of piperidine rings is 1. The van der Waals surface area contributed by atoms with Gasteiger partial charge in [0.2, 0.25) is 0 Å². The van der Waals surface area contributed by atoms with Gasteiger partial charge in [0.1, 0.15) is 0 Å². The Morgan fingerprint density at radius 1 is 0.957 bits per heavy atom. The van der Waals surface area contributed by atoms with Crippen molar-refractivity contribution in [2.75, 3.05) is 13.1 Å². The second kappa shape index (κ2) is 7.70. The monoisotopic (exact) mass is 347 g/mol. The Morgan fingerprint density at radius 3 is 2.43 bits per heavy atom. The summed E-state index contributed by atoms with van der Waals surface area (Å²) in [4.78, 5) is 2.51. The van der Waals surface area contributed by atoms with E-state index in [0.717, 1.165) is 26.1 Å². The first kappa shape index (κ1) is 16.8. The average molecular weight is 348 g/mol. The van der Waals surface area contributed by atoms with E-state index >= 15 is 0 Å². The van der Waals surface area contributed by atoms with E-state index in [1.54, 1.807) is 0 Å². The minimum Gasteiger partial charge on any atom is -0.299 e. The third kappa shape index (κ3) is 4.29. The van der Waals surface area contributed by atoms with Crippen LogP contribution in [-0.2, 0) is 13.0 Å². The summed E-state index contributed by atoms with van der Waals surface area (Å²) in [6.45, 7) is 5.46. The number of aryl methyl sites for hydroxylation is 1. The molecule has 0 aliphatic carbocycles. The molecule has 1 heterocycles. The SMILES string of the molecule is CCc1cccc(C2CCN(Cc3ccc(Cl)c(Cl)c3)CC2)c1. The lowest BCUT2D eigenvalue weighted by Gasteiger charge is -2.32. The van der Waals surface area contributed by atoms with E-state index in [2.05, 4.69) is 42.2 Å². The van der Waals surface area contributed by atoms with E-state index in [1.807, 2.05) is 12.1 Å². The fourth-order valence-electron chi connectivity index (χ4n) is 3.39. The van der Waals surface area contributed by atoms with Crippen molar-refractivity contribution in [1.29, 1.82) is 0 Å². The summed E-state index contributed by atoms with van der Waals surface area (Å²) in [5, 5.41) is 1.28. The topological polar surface area (TPSA) is 3.24 Å². The predicted molar refractivity (Wildman–Crippen MR) is 99.5 cm³/mol. The minimum atomic E-state index is 0.630. The average Bonchev–Trinajstić information content (AvgIpc) is 2.59. The maximum Gasteiger partial charge on any atom is 0.0595 e. The van der Waals surface area contributed by atoms with Gasteiger partial charge >= 0.3 is 0 Å². The molecule has 2 aromatic rings. The van der Waals surface area contributed by atoms with Crippen LogP contribution in [0.5, 0.6) is 0 Å². The molecular weight excluding hydrogens is 325 g/mol. The summed E-state index contributed by atoms with van der Waals surface area (Å²) >= 11 is 12.1. The molecule has 0 bridgehead atoms. The molecule has 0 amide bonds. The smallest absolute Gasteiger partial charge is 0.0595 e. The van der Waals surface area contributed by atoms with Crippen LogP contribution in [0.1, 0.15) is 42.4 Å². The molecule has 1 aliphatic rings. The first-order valence-corrected chi connectivity index (χ1v) is 9.16. The van der Waals surface area contributed by atoms with Gasteiger partial charge in [-0.3, -0.25) is 4.90 Å². The van der Waals surface area contributed by atoms with Gasteiger partial charge in [0, 0.05) is 6.54 Å². The maximum absolute atomic E-state index is 6.11. The van der Waals surface area contributed by atoms with Crippen LogP contribution < -0.4 is 0 Å². The number of benzene rings is 2. The van der Waals surface area contributed by atoms with Crippen LogP contribution in [0.2, 0.25) is 10.0 Å². The largest absolute Gasteiger partial charge is 0.299 e. The fraction of sp³-hybridized carbons (Fsp3) is 0.400. The standard InChI is InChI=1S/C20H23Cl2N/c1-2-15-4-3-5-18(12-15)17-8-10-23(11-9-17)14-16-6-7-19(21)20(22)13-16/h3-7,12-13,17H,2,8-11,14H2,1H3. The second-order valence-corrected chi connectivity index (χ2v) is 7.21. The summed E-state index contributed by atoms with van der Waals surface area (Å²) < 4.78 is 0. The molecule has 0 radical (unpaired) electrons. The van der Waals surface area contributed by atoms with Gasteiger partial charge < -0.3 is 0 Å². The third-order valence-electron chi connectivity index (χ3n) is 4.81. The lowest BCUT2D eigenvalue weighted by atomic mass is 9.88. The summed E-state index contributed by atoms with van der Waals surface area (Å²) in [5.74, 6) is 0.701. The number of nitrogens with zero attached hydrogens (tertiary/aromatic N) is 1. The molecule has 1 nitrogen and oxygen atoms in total. The predicted octanol–water partition coefficient (Wildman–Crippen LogP) is 5.94. The van der Waals surface area contributed by atoms with Crippen molar-refractivity contribution in [3.8, 4) is 0 Å². The molecule has 0 unspecified atom stereocenters. The Kier molecular flexibility index (Phi) is 5.63. The minimum absolute atomic E-state index is 0.630. The van der Waals surface area contributed by atoms with Crippen molar-refractivity contribution in [2.24, 2.45) is 0 Å². The molecule has 122 valence electrons. The molecule has 1 saturated heterocycles. The van der Waals surface area contributed by atoms with E-state index in [1.165, 1.54) is 29.5 Å².